The van der Waals surface area contributed by atoms with Crippen LogP contribution in [0.3, 0.4) is 0 Å². The van der Waals surface area contributed by atoms with Crippen LogP contribution in [0.15, 0.2) is 29.3 Å². The Morgan fingerprint density at radius 2 is 1.97 bits per heavy atom. The molecule has 162 valence electrons. The lowest BCUT2D eigenvalue weighted by Gasteiger charge is -2.36. The van der Waals surface area contributed by atoms with E-state index < -0.39 is 10.0 Å². The van der Waals surface area contributed by atoms with Gasteiger partial charge in [0.05, 0.1) is 18.5 Å². The summed E-state index contributed by atoms with van der Waals surface area (Å²) < 4.78 is 45.8. The van der Waals surface area contributed by atoms with Crippen molar-refractivity contribution in [3.8, 4) is 0 Å². The molecule has 1 heterocycles. The summed E-state index contributed by atoms with van der Waals surface area (Å²) in [6, 6.07) is 7.03. The van der Waals surface area contributed by atoms with Gasteiger partial charge < -0.3 is 15.0 Å². The normalized spacial score (nSPS) is 23.5. The topological polar surface area (TPSA) is 74.2 Å². The molecule has 0 radical (unpaired) electrons. The molecule has 3 rings (SSSR count). The minimum atomic E-state index is -3.32. The third-order valence-corrected chi connectivity index (χ3v) is 7.18. The third kappa shape index (κ3) is 5.67. The molecular formula is C20H31FN4O3S. The monoisotopic (exact) mass is 426 g/mol. The number of ether oxygens (including phenoxy) is 1. The Morgan fingerprint density at radius 1 is 1.28 bits per heavy atom. The predicted molar refractivity (Wildman–Crippen MR) is 112 cm³/mol. The fourth-order valence-electron chi connectivity index (χ4n) is 3.63. The Balaban J connectivity index is 1.49. The van der Waals surface area contributed by atoms with Gasteiger partial charge in [0.15, 0.2) is 5.96 Å². The zero-order valence-corrected chi connectivity index (χ0v) is 18.2. The molecule has 2 fully saturated rings. The lowest BCUT2D eigenvalue weighted by atomic mass is 10.1. The fraction of sp³-hybridized carbons (Fsp3) is 0.650. The second kappa shape index (κ2) is 9.40. The molecule has 9 heteroatoms. The summed E-state index contributed by atoms with van der Waals surface area (Å²) in [6.07, 6.45) is 0.886. The van der Waals surface area contributed by atoms with Crippen LogP contribution in [0.5, 0.6) is 0 Å². The molecule has 0 aromatic heterocycles. The van der Waals surface area contributed by atoms with E-state index in [-0.39, 0.29) is 36.2 Å². The van der Waals surface area contributed by atoms with Crippen LogP contribution in [-0.4, -0.2) is 81.3 Å². The van der Waals surface area contributed by atoms with Crippen LogP contribution >= 0.6 is 0 Å². The molecule has 0 spiro atoms. The number of benzene rings is 1. The molecule has 0 amide bonds. The van der Waals surface area contributed by atoms with Crippen LogP contribution in [0.25, 0.3) is 0 Å². The number of hydrogen-bond donors (Lipinski definition) is 1. The van der Waals surface area contributed by atoms with Crippen molar-refractivity contribution in [1.82, 2.24) is 14.5 Å². The zero-order valence-electron chi connectivity index (χ0n) is 17.3. The minimum absolute atomic E-state index is 0.00451. The van der Waals surface area contributed by atoms with Gasteiger partial charge >= 0.3 is 0 Å². The smallest absolute Gasteiger partial charge is 0.216 e. The molecule has 1 saturated carbocycles. The maximum absolute atomic E-state index is 14.0. The molecule has 29 heavy (non-hydrogen) atoms. The Bertz CT molecular complexity index is 823. The molecule has 2 aliphatic rings. The van der Waals surface area contributed by atoms with E-state index >= 15 is 0 Å². The molecule has 1 saturated heterocycles. The molecule has 1 N–H and O–H groups in total. The Hall–Kier alpha value is -1.71. The second-order valence-electron chi connectivity index (χ2n) is 7.78. The summed E-state index contributed by atoms with van der Waals surface area (Å²) in [5, 5.41) is 3.41. The van der Waals surface area contributed by atoms with Crippen LogP contribution in [0.2, 0.25) is 0 Å². The van der Waals surface area contributed by atoms with Crippen LogP contribution < -0.4 is 5.32 Å². The van der Waals surface area contributed by atoms with Crippen molar-refractivity contribution >= 4 is 16.0 Å². The maximum Gasteiger partial charge on any atom is 0.216 e. The van der Waals surface area contributed by atoms with E-state index in [1.165, 1.54) is 10.4 Å². The van der Waals surface area contributed by atoms with Crippen LogP contribution in [-0.2, 0) is 14.8 Å². The molecule has 7 nitrogen and oxygen atoms in total. The quantitative estimate of drug-likeness (QED) is 0.530. The van der Waals surface area contributed by atoms with Crippen molar-refractivity contribution in [1.29, 1.82) is 0 Å². The van der Waals surface area contributed by atoms with Crippen molar-refractivity contribution in [3.63, 3.8) is 0 Å². The molecule has 2 unspecified atom stereocenters. The van der Waals surface area contributed by atoms with E-state index in [1.807, 2.05) is 26.0 Å². The number of rotatable bonds is 7. The van der Waals surface area contributed by atoms with Gasteiger partial charge in [0.1, 0.15) is 5.82 Å². The Kier molecular flexibility index (Phi) is 7.13. The lowest BCUT2D eigenvalue weighted by Crippen LogP contribution is -2.54. The van der Waals surface area contributed by atoms with E-state index in [0.29, 0.717) is 26.2 Å². The average Bonchev–Trinajstić information content (AvgIpc) is 3.45. The summed E-state index contributed by atoms with van der Waals surface area (Å²) in [4.78, 5) is 6.41. The zero-order chi connectivity index (χ0) is 21.0. The molecule has 0 bridgehead atoms. The minimum Gasteiger partial charge on any atom is -0.378 e. The van der Waals surface area contributed by atoms with Crippen molar-refractivity contribution in [2.45, 2.75) is 38.3 Å². The number of hydrogen-bond acceptors (Lipinski definition) is 4. The van der Waals surface area contributed by atoms with Gasteiger partial charge in [-0.15, -0.1) is 0 Å². The van der Waals surface area contributed by atoms with E-state index in [9.17, 15) is 12.8 Å². The first kappa shape index (κ1) is 22.0. The summed E-state index contributed by atoms with van der Waals surface area (Å²) in [5.74, 6) is 0.728. The molecule has 1 aliphatic heterocycles. The first-order chi connectivity index (χ1) is 13.8. The van der Waals surface area contributed by atoms with Crippen LogP contribution in [0, 0.1) is 5.82 Å². The van der Waals surface area contributed by atoms with E-state index in [0.717, 1.165) is 17.9 Å². The Morgan fingerprint density at radius 3 is 2.59 bits per heavy atom. The molecule has 1 aromatic rings. The van der Waals surface area contributed by atoms with Gasteiger partial charge in [0, 0.05) is 45.2 Å². The predicted octanol–water partition coefficient (Wildman–Crippen LogP) is 1.63. The van der Waals surface area contributed by atoms with Gasteiger partial charge in [-0.05, 0) is 31.9 Å². The highest BCUT2D eigenvalue weighted by molar-refractivity contribution is 7.89. The lowest BCUT2D eigenvalue weighted by molar-refractivity contribution is 0.0904. The van der Waals surface area contributed by atoms with Crippen molar-refractivity contribution in [3.05, 3.63) is 35.6 Å². The van der Waals surface area contributed by atoms with Crippen molar-refractivity contribution in [2.75, 3.05) is 45.6 Å². The number of piperazine rings is 1. The summed E-state index contributed by atoms with van der Waals surface area (Å²) >= 11 is 0. The number of sulfonamides is 1. The van der Waals surface area contributed by atoms with Crippen molar-refractivity contribution < 1.29 is 17.5 Å². The first-order valence-corrected chi connectivity index (χ1v) is 11.7. The largest absolute Gasteiger partial charge is 0.378 e. The molecular weight excluding hydrogens is 395 g/mol. The van der Waals surface area contributed by atoms with Gasteiger partial charge in [-0.25, -0.2) is 12.8 Å². The summed E-state index contributed by atoms with van der Waals surface area (Å²) in [6.45, 7) is 5.98. The van der Waals surface area contributed by atoms with Gasteiger partial charge in [-0.3, -0.25) is 4.99 Å². The SMILES string of the molecule is CN=C(NC1CC1c1ccccc1F)N1CCN(S(=O)(=O)CCOC(C)C)CC1. The van der Waals surface area contributed by atoms with E-state index in [2.05, 4.69) is 15.2 Å². The number of nitrogens with one attached hydrogen (secondary N) is 1. The molecule has 2 atom stereocenters. The van der Waals surface area contributed by atoms with Crippen LogP contribution in [0.1, 0.15) is 31.7 Å². The Labute approximate surface area is 173 Å². The van der Waals surface area contributed by atoms with E-state index in [1.54, 1.807) is 13.1 Å². The van der Waals surface area contributed by atoms with Gasteiger partial charge in [-0.2, -0.15) is 4.31 Å². The van der Waals surface area contributed by atoms with Gasteiger partial charge in [0.25, 0.3) is 0 Å². The van der Waals surface area contributed by atoms with Crippen molar-refractivity contribution in [2.24, 2.45) is 4.99 Å². The average molecular weight is 427 g/mol. The first-order valence-electron chi connectivity index (χ1n) is 10.1. The third-order valence-electron chi connectivity index (χ3n) is 5.35. The standard InChI is InChI=1S/C20H31FN4O3S/c1-15(2)28-12-13-29(26,27)25-10-8-24(9-11-25)20(22-3)23-19-14-17(19)16-6-4-5-7-18(16)21/h4-7,15,17,19H,8-14H2,1-3H3,(H,22,23). The fourth-order valence-corrected chi connectivity index (χ4v) is 4.92. The van der Waals surface area contributed by atoms with Gasteiger partial charge in [0.2, 0.25) is 10.0 Å². The van der Waals surface area contributed by atoms with E-state index in [4.69, 9.17) is 4.74 Å². The van der Waals surface area contributed by atoms with Crippen LogP contribution in [0.4, 0.5) is 4.39 Å². The highest BCUT2D eigenvalue weighted by Crippen LogP contribution is 2.41. The number of nitrogens with zero attached hydrogens (tertiary/aromatic N) is 3. The summed E-state index contributed by atoms with van der Waals surface area (Å²) in [5.41, 5.74) is 0.736. The second-order valence-corrected chi connectivity index (χ2v) is 9.87. The number of guanidine groups is 1. The molecule has 1 aliphatic carbocycles. The number of aliphatic imine (C=N–C) groups is 1. The highest BCUT2D eigenvalue weighted by Gasteiger charge is 2.41. The highest BCUT2D eigenvalue weighted by atomic mass is 32.2. The number of halogens is 1. The molecule has 1 aromatic carbocycles. The maximum atomic E-state index is 14.0. The summed E-state index contributed by atoms with van der Waals surface area (Å²) in [7, 11) is -1.60. The van der Waals surface area contributed by atoms with Gasteiger partial charge in [-0.1, -0.05) is 18.2 Å².